The van der Waals surface area contributed by atoms with Gasteiger partial charge >= 0.3 is 0 Å². The van der Waals surface area contributed by atoms with Crippen LogP contribution in [-0.2, 0) is 4.79 Å². The van der Waals surface area contributed by atoms with Gasteiger partial charge in [0.25, 0.3) is 0 Å². The van der Waals surface area contributed by atoms with E-state index in [-0.39, 0.29) is 11.8 Å². The summed E-state index contributed by atoms with van der Waals surface area (Å²) in [5.41, 5.74) is 8.16. The number of nitrogens with two attached hydrogens (primary N) is 1. The number of rotatable bonds is 2. The maximum Gasteiger partial charge on any atom is 0.228 e. The first kappa shape index (κ1) is 12.6. The third-order valence-corrected chi connectivity index (χ3v) is 5.02. The van der Waals surface area contributed by atoms with E-state index in [2.05, 4.69) is 10.3 Å². The van der Waals surface area contributed by atoms with Crippen LogP contribution in [0.15, 0.2) is 30.5 Å². The summed E-state index contributed by atoms with van der Waals surface area (Å²) < 4.78 is 0. The van der Waals surface area contributed by atoms with E-state index < -0.39 is 0 Å². The van der Waals surface area contributed by atoms with Gasteiger partial charge in [0.15, 0.2) is 0 Å². The van der Waals surface area contributed by atoms with Crippen LogP contribution in [0, 0.1) is 17.8 Å². The molecule has 2 unspecified atom stereocenters. The molecule has 1 heterocycles. The van der Waals surface area contributed by atoms with Gasteiger partial charge in [-0.05, 0) is 48.9 Å². The van der Waals surface area contributed by atoms with Crippen LogP contribution in [0.3, 0.4) is 0 Å². The van der Waals surface area contributed by atoms with Crippen molar-refractivity contribution >= 4 is 28.2 Å². The van der Waals surface area contributed by atoms with Gasteiger partial charge in [0.1, 0.15) is 0 Å². The fourth-order valence-electron chi connectivity index (χ4n) is 3.90. The van der Waals surface area contributed by atoms with Gasteiger partial charge in [-0.3, -0.25) is 9.78 Å². The number of nitrogens with one attached hydrogen (secondary N) is 1. The number of fused-ring (bicyclic) bond motifs is 2. The highest BCUT2D eigenvalue weighted by Gasteiger charge is 2.54. The maximum absolute atomic E-state index is 12.5. The molecule has 0 radical (unpaired) electrons. The largest absolute Gasteiger partial charge is 0.397 e. The third-order valence-electron chi connectivity index (χ3n) is 5.02. The zero-order valence-electron chi connectivity index (χ0n) is 11.9. The number of pyridine rings is 1. The molecule has 2 aliphatic carbocycles. The van der Waals surface area contributed by atoms with Crippen molar-refractivity contribution < 1.29 is 4.79 Å². The molecule has 0 spiro atoms. The first-order valence-electron chi connectivity index (χ1n) is 7.70. The van der Waals surface area contributed by atoms with Crippen LogP contribution in [0.1, 0.15) is 25.7 Å². The monoisotopic (exact) mass is 281 g/mol. The predicted octanol–water partition coefficient (Wildman–Crippen LogP) is 3.19. The van der Waals surface area contributed by atoms with Gasteiger partial charge in [-0.2, -0.15) is 0 Å². The van der Waals surface area contributed by atoms with E-state index in [0.29, 0.717) is 17.5 Å². The number of carbonyl (C=O) groups excluding carboxylic acids is 1. The van der Waals surface area contributed by atoms with E-state index in [9.17, 15) is 4.79 Å². The lowest BCUT2D eigenvalue weighted by molar-refractivity contribution is -0.117. The minimum absolute atomic E-state index is 0.168. The van der Waals surface area contributed by atoms with Gasteiger partial charge in [-0.15, -0.1) is 0 Å². The smallest absolute Gasteiger partial charge is 0.228 e. The molecule has 2 fully saturated rings. The zero-order chi connectivity index (χ0) is 14.4. The maximum atomic E-state index is 12.5. The summed E-state index contributed by atoms with van der Waals surface area (Å²) in [5.74, 6) is 1.63. The summed E-state index contributed by atoms with van der Waals surface area (Å²) in [7, 11) is 0. The topological polar surface area (TPSA) is 68.0 Å². The van der Waals surface area contributed by atoms with Gasteiger partial charge in [-0.1, -0.05) is 12.8 Å². The number of anilines is 2. The highest BCUT2D eigenvalue weighted by Crippen LogP contribution is 2.55. The Balaban J connectivity index is 1.60. The molecule has 0 aliphatic heterocycles. The second kappa shape index (κ2) is 4.72. The van der Waals surface area contributed by atoms with Crippen molar-refractivity contribution in [2.45, 2.75) is 25.7 Å². The van der Waals surface area contributed by atoms with Crippen molar-refractivity contribution in [1.29, 1.82) is 0 Å². The average molecular weight is 281 g/mol. The molecule has 0 bridgehead atoms. The van der Waals surface area contributed by atoms with E-state index in [1.54, 1.807) is 6.20 Å². The molecule has 21 heavy (non-hydrogen) atoms. The van der Waals surface area contributed by atoms with Crippen LogP contribution < -0.4 is 11.1 Å². The highest BCUT2D eigenvalue weighted by molar-refractivity contribution is 6.05. The molecule has 1 amide bonds. The van der Waals surface area contributed by atoms with Gasteiger partial charge in [0.2, 0.25) is 5.91 Å². The number of carbonyl (C=O) groups is 1. The average Bonchev–Trinajstić information content (AvgIpc) is 3.25. The first-order valence-corrected chi connectivity index (χ1v) is 7.70. The Morgan fingerprint density at radius 2 is 1.95 bits per heavy atom. The summed E-state index contributed by atoms with van der Waals surface area (Å²) in [6, 6.07) is 7.51. The minimum atomic E-state index is 0.168. The quantitative estimate of drug-likeness (QED) is 0.831. The molecule has 2 saturated carbocycles. The molecule has 4 rings (SSSR count). The molecule has 108 valence electrons. The first-order chi connectivity index (χ1) is 10.3. The van der Waals surface area contributed by atoms with Gasteiger partial charge < -0.3 is 11.1 Å². The molecule has 2 aliphatic rings. The van der Waals surface area contributed by atoms with Crippen molar-refractivity contribution in [3.05, 3.63) is 30.5 Å². The van der Waals surface area contributed by atoms with Crippen molar-refractivity contribution in [2.24, 2.45) is 17.8 Å². The van der Waals surface area contributed by atoms with E-state index in [1.165, 1.54) is 25.7 Å². The van der Waals surface area contributed by atoms with Crippen molar-refractivity contribution in [1.82, 2.24) is 4.98 Å². The van der Waals surface area contributed by atoms with Crippen LogP contribution in [0.2, 0.25) is 0 Å². The zero-order valence-corrected chi connectivity index (χ0v) is 11.9. The number of nitrogen functional groups attached to an aromatic ring is 1. The molecular formula is C17H19N3O. The molecule has 2 aromatic rings. The van der Waals surface area contributed by atoms with E-state index in [1.807, 2.05) is 24.3 Å². The Hall–Kier alpha value is -2.10. The summed E-state index contributed by atoms with van der Waals surface area (Å²) in [6.07, 6.45) is 6.71. The molecule has 4 heteroatoms. The second-order valence-corrected chi connectivity index (χ2v) is 6.23. The number of amides is 1. The normalized spacial score (nSPS) is 27.1. The van der Waals surface area contributed by atoms with Crippen LogP contribution >= 0.6 is 0 Å². The number of benzene rings is 1. The molecule has 3 N–H and O–H groups in total. The molecular weight excluding hydrogens is 262 g/mol. The SMILES string of the molecule is Nc1ccc(NC(=O)C2C3CCCCC32)c2cccnc12. The van der Waals surface area contributed by atoms with Crippen molar-refractivity contribution in [3.63, 3.8) is 0 Å². The Bertz CT molecular complexity index is 700. The van der Waals surface area contributed by atoms with Gasteiger partial charge in [-0.25, -0.2) is 0 Å². The van der Waals surface area contributed by atoms with Crippen LogP contribution in [-0.4, -0.2) is 10.9 Å². The van der Waals surface area contributed by atoms with Crippen LogP contribution in [0.25, 0.3) is 10.9 Å². The molecule has 1 aromatic carbocycles. The Morgan fingerprint density at radius 1 is 1.19 bits per heavy atom. The molecule has 0 saturated heterocycles. The Labute approximate surface area is 123 Å². The minimum Gasteiger partial charge on any atom is -0.397 e. The highest BCUT2D eigenvalue weighted by atomic mass is 16.2. The standard InChI is InChI=1S/C17H19N3O/c18-13-7-8-14(12-6-3-9-19-16(12)13)20-17(21)15-10-4-1-2-5-11(10)15/h3,6-11,15H,1-2,4-5,18H2,(H,20,21). The van der Waals surface area contributed by atoms with Crippen molar-refractivity contribution in [2.75, 3.05) is 11.1 Å². The van der Waals surface area contributed by atoms with E-state index >= 15 is 0 Å². The van der Waals surface area contributed by atoms with Crippen LogP contribution in [0.4, 0.5) is 11.4 Å². The van der Waals surface area contributed by atoms with E-state index in [4.69, 9.17) is 5.73 Å². The molecule has 1 aromatic heterocycles. The third kappa shape index (κ3) is 2.06. The summed E-state index contributed by atoms with van der Waals surface area (Å²) in [4.78, 5) is 16.8. The van der Waals surface area contributed by atoms with E-state index in [0.717, 1.165) is 16.6 Å². The number of hydrogen-bond acceptors (Lipinski definition) is 3. The van der Waals surface area contributed by atoms with Crippen molar-refractivity contribution in [3.8, 4) is 0 Å². The van der Waals surface area contributed by atoms with Gasteiger partial charge in [0.05, 0.1) is 16.9 Å². The Kier molecular flexibility index (Phi) is 2.84. The predicted molar refractivity (Wildman–Crippen MR) is 83.7 cm³/mol. The molecule has 4 nitrogen and oxygen atoms in total. The Morgan fingerprint density at radius 3 is 2.71 bits per heavy atom. The molecule has 2 atom stereocenters. The lowest BCUT2D eigenvalue weighted by Gasteiger charge is -2.09. The van der Waals surface area contributed by atoms with Gasteiger partial charge in [0, 0.05) is 17.5 Å². The lowest BCUT2D eigenvalue weighted by Crippen LogP contribution is -2.16. The number of nitrogens with zero attached hydrogens (tertiary/aromatic N) is 1. The summed E-state index contributed by atoms with van der Waals surface area (Å²) in [5, 5.41) is 4.01. The fraction of sp³-hybridized carbons (Fsp3) is 0.412. The number of hydrogen-bond donors (Lipinski definition) is 2. The second-order valence-electron chi connectivity index (χ2n) is 6.23. The number of aromatic nitrogens is 1. The van der Waals surface area contributed by atoms with Crippen LogP contribution in [0.5, 0.6) is 0 Å². The fourth-order valence-corrected chi connectivity index (χ4v) is 3.90. The summed E-state index contributed by atoms with van der Waals surface area (Å²) in [6.45, 7) is 0. The lowest BCUT2D eigenvalue weighted by atomic mass is 10.0. The summed E-state index contributed by atoms with van der Waals surface area (Å²) >= 11 is 0.